The van der Waals surface area contributed by atoms with Crippen molar-refractivity contribution in [3.63, 3.8) is 0 Å². The zero-order valence-electron chi connectivity index (χ0n) is 18.9. The number of benzene rings is 3. The maximum absolute atomic E-state index is 12.6. The van der Waals surface area contributed by atoms with Crippen LogP contribution >= 0.6 is 0 Å². The van der Waals surface area contributed by atoms with Crippen molar-refractivity contribution in [1.82, 2.24) is 4.57 Å². The third-order valence-electron chi connectivity index (χ3n) is 6.38. The highest BCUT2D eigenvalue weighted by Gasteiger charge is 2.24. The van der Waals surface area contributed by atoms with Gasteiger partial charge in [-0.25, -0.2) is 4.79 Å². The minimum atomic E-state index is -1.54. The van der Waals surface area contributed by atoms with Crippen molar-refractivity contribution in [2.45, 2.75) is 13.5 Å². The first-order valence-electron chi connectivity index (χ1n) is 10.9. The summed E-state index contributed by atoms with van der Waals surface area (Å²) in [5.41, 5.74) is 11.6. The average Bonchev–Trinajstić information content (AvgIpc) is 3.11. The van der Waals surface area contributed by atoms with Gasteiger partial charge in [-0.1, -0.05) is 61.2 Å². The normalized spacial score (nSPS) is 11.2. The minimum absolute atomic E-state index is 0.0346. The van der Waals surface area contributed by atoms with Crippen molar-refractivity contribution in [1.29, 1.82) is 0 Å². The molecule has 0 unspecified atom stereocenters. The van der Waals surface area contributed by atoms with Gasteiger partial charge in [0.2, 0.25) is 11.2 Å². The molecule has 5 rings (SSSR count). The molecular weight excluding hydrogens is 444 g/mol. The van der Waals surface area contributed by atoms with E-state index in [0.29, 0.717) is 23.1 Å². The molecular formula is C28H22N2O5. The number of carboxylic acid groups (broad SMARTS) is 1. The van der Waals surface area contributed by atoms with Crippen LogP contribution in [0.1, 0.15) is 27.4 Å². The van der Waals surface area contributed by atoms with Gasteiger partial charge in [0.25, 0.3) is 5.76 Å². The summed E-state index contributed by atoms with van der Waals surface area (Å²) >= 11 is 0. The fourth-order valence-corrected chi connectivity index (χ4v) is 4.59. The molecule has 0 saturated carbocycles. The number of rotatable bonds is 5. The number of fused-ring (bicyclic) bond motifs is 3. The van der Waals surface area contributed by atoms with Crippen LogP contribution in [0.25, 0.3) is 39.1 Å². The SMILES string of the molecule is C=Cc1ccccc1-c1ccccc1Cn1c(C)c(N)c2c3oc(C(=O)O)c(O)c(=O)c3ccc21. The number of aromatic hydroxyl groups is 1. The Labute approximate surface area is 200 Å². The second kappa shape index (κ2) is 8.22. The summed E-state index contributed by atoms with van der Waals surface area (Å²) < 4.78 is 7.52. The highest BCUT2D eigenvalue weighted by Crippen LogP contribution is 2.37. The van der Waals surface area contributed by atoms with Gasteiger partial charge >= 0.3 is 5.97 Å². The molecule has 7 nitrogen and oxygen atoms in total. The van der Waals surface area contributed by atoms with Crippen molar-refractivity contribution < 1.29 is 19.4 Å². The Bertz CT molecular complexity index is 1730. The largest absolute Gasteiger partial charge is 0.501 e. The standard InChI is InChI=1S/C28H22N2O5/c1-3-16-8-4-6-10-18(16)19-11-7-5-9-17(19)14-30-15(2)23(29)22-21(30)13-12-20-24(31)25(32)27(28(33)34)35-26(20)22/h3-13,32H,1,14,29H2,2H3,(H,33,34). The molecule has 35 heavy (non-hydrogen) atoms. The Balaban J connectivity index is 1.75. The average molecular weight is 466 g/mol. The summed E-state index contributed by atoms with van der Waals surface area (Å²) in [6.07, 6.45) is 1.82. The van der Waals surface area contributed by atoms with Crippen LogP contribution in [0, 0.1) is 6.92 Å². The Morgan fingerprint density at radius 3 is 2.49 bits per heavy atom. The molecule has 2 aromatic heterocycles. The number of nitrogens with zero attached hydrogens (tertiary/aromatic N) is 1. The predicted molar refractivity (Wildman–Crippen MR) is 137 cm³/mol. The molecule has 0 bridgehead atoms. The molecule has 0 aliphatic rings. The molecule has 0 radical (unpaired) electrons. The topological polar surface area (TPSA) is 119 Å². The molecule has 3 aromatic carbocycles. The summed E-state index contributed by atoms with van der Waals surface area (Å²) in [6.45, 7) is 6.27. The molecule has 174 valence electrons. The molecule has 0 spiro atoms. The van der Waals surface area contributed by atoms with Gasteiger partial charge in [-0.15, -0.1) is 0 Å². The maximum atomic E-state index is 12.6. The molecule has 7 heteroatoms. The molecule has 0 fully saturated rings. The van der Waals surface area contributed by atoms with Gasteiger partial charge in [0.1, 0.15) is 0 Å². The second-order valence-corrected chi connectivity index (χ2v) is 8.28. The summed E-state index contributed by atoms with van der Waals surface area (Å²) in [4.78, 5) is 24.2. The lowest BCUT2D eigenvalue weighted by atomic mass is 9.95. The fourth-order valence-electron chi connectivity index (χ4n) is 4.59. The van der Waals surface area contributed by atoms with Gasteiger partial charge < -0.3 is 24.9 Å². The molecule has 5 aromatic rings. The predicted octanol–water partition coefficient (Wildman–Crippen LogP) is 5.40. The molecule has 0 aliphatic heterocycles. The molecule has 0 amide bonds. The number of carbonyl (C=O) groups is 1. The van der Waals surface area contributed by atoms with Gasteiger partial charge in [-0.3, -0.25) is 4.79 Å². The van der Waals surface area contributed by atoms with Crippen LogP contribution in [0.3, 0.4) is 0 Å². The number of carboxylic acids is 1. The van der Waals surface area contributed by atoms with Crippen molar-refractivity contribution in [3.05, 3.63) is 100 Å². The first-order valence-corrected chi connectivity index (χ1v) is 10.9. The minimum Gasteiger partial charge on any atom is -0.501 e. The van der Waals surface area contributed by atoms with Crippen LogP contribution in [-0.2, 0) is 6.54 Å². The number of hydrogen-bond acceptors (Lipinski definition) is 5. The fraction of sp³-hybridized carbons (Fsp3) is 0.0714. The number of aromatic nitrogens is 1. The van der Waals surface area contributed by atoms with E-state index >= 15 is 0 Å². The van der Waals surface area contributed by atoms with Crippen molar-refractivity contribution in [2.24, 2.45) is 0 Å². The van der Waals surface area contributed by atoms with Gasteiger partial charge in [0, 0.05) is 12.2 Å². The lowest BCUT2D eigenvalue weighted by Gasteiger charge is -2.15. The van der Waals surface area contributed by atoms with E-state index in [1.54, 1.807) is 6.07 Å². The van der Waals surface area contributed by atoms with Gasteiger partial charge in [0.15, 0.2) is 5.58 Å². The van der Waals surface area contributed by atoms with Crippen LogP contribution in [0.5, 0.6) is 5.75 Å². The van der Waals surface area contributed by atoms with E-state index < -0.39 is 22.9 Å². The van der Waals surface area contributed by atoms with E-state index in [-0.39, 0.29) is 11.0 Å². The highest BCUT2D eigenvalue weighted by molar-refractivity contribution is 6.11. The van der Waals surface area contributed by atoms with Gasteiger partial charge in [-0.05, 0) is 41.3 Å². The molecule has 2 heterocycles. The summed E-state index contributed by atoms with van der Waals surface area (Å²) in [7, 11) is 0. The van der Waals surface area contributed by atoms with E-state index in [1.807, 2.05) is 60.0 Å². The first-order chi connectivity index (χ1) is 16.8. The zero-order chi connectivity index (χ0) is 24.9. The summed E-state index contributed by atoms with van der Waals surface area (Å²) in [5, 5.41) is 19.9. The van der Waals surface area contributed by atoms with Gasteiger partial charge in [-0.2, -0.15) is 0 Å². The van der Waals surface area contributed by atoms with Crippen LogP contribution in [0.15, 0.2) is 76.5 Å². The van der Waals surface area contributed by atoms with Crippen molar-refractivity contribution in [3.8, 4) is 16.9 Å². The van der Waals surface area contributed by atoms with E-state index in [9.17, 15) is 19.8 Å². The summed E-state index contributed by atoms with van der Waals surface area (Å²) in [6, 6.07) is 19.3. The molecule has 0 atom stereocenters. The first kappa shape index (κ1) is 22.0. The maximum Gasteiger partial charge on any atom is 0.375 e. The van der Waals surface area contributed by atoms with E-state index in [2.05, 4.69) is 12.6 Å². The van der Waals surface area contributed by atoms with E-state index in [4.69, 9.17) is 10.2 Å². The Morgan fingerprint density at radius 2 is 1.77 bits per heavy atom. The lowest BCUT2D eigenvalue weighted by molar-refractivity contribution is 0.0658. The smallest absolute Gasteiger partial charge is 0.375 e. The third-order valence-corrected chi connectivity index (χ3v) is 6.38. The van der Waals surface area contributed by atoms with Crippen LogP contribution < -0.4 is 11.2 Å². The Morgan fingerprint density at radius 1 is 1.09 bits per heavy atom. The second-order valence-electron chi connectivity index (χ2n) is 8.28. The van der Waals surface area contributed by atoms with Crippen LogP contribution in [0.2, 0.25) is 0 Å². The molecule has 4 N–H and O–H groups in total. The number of anilines is 1. The van der Waals surface area contributed by atoms with Crippen LogP contribution in [-0.4, -0.2) is 20.7 Å². The zero-order valence-corrected chi connectivity index (χ0v) is 18.9. The van der Waals surface area contributed by atoms with Crippen molar-refractivity contribution >= 4 is 39.6 Å². The molecule has 0 saturated heterocycles. The highest BCUT2D eigenvalue weighted by atomic mass is 16.4. The monoisotopic (exact) mass is 466 g/mol. The van der Waals surface area contributed by atoms with E-state index in [1.165, 1.54) is 6.07 Å². The van der Waals surface area contributed by atoms with Crippen molar-refractivity contribution in [2.75, 3.05) is 5.73 Å². The Hall–Kier alpha value is -4.78. The number of nitrogen functional groups attached to an aromatic ring is 1. The molecule has 0 aliphatic carbocycles. The third kappa shape index (κ3) is 3.36. The quantitative estimate of drug-likeness (QED) is 0.319. The summed E-state index contributed by atoms with van der Waals surface area (Å²) in [5.74, 6) is -3.29. The number of aromatic carboxylic acids is 1. The van der Waals surface area contributed by atoms with E-state index in [0.717, 1.165) is 27.9 Å². The number of nitrogens with two attached hydrogens (primary N) is 1. The number of hydrogen-bond donors (Lipinski definition) is 3. The van der Waals surface area contributed by atoms with Gasteiger partial charge in [0.05, 0.1) is 22.0 Å². The Kier molecular flexibility index (Phi) is 5.17. The lowest BCUT2D eigenvalue weighted by Crippen LogP contribution is -2.08. The van der Waals surface area contributed by atoms with Crippen LogP contribution in [0.4, 0.5) is 5.69 Å².